The van der Waals surface area contributed by atoms with Gasteiger partial charge in [-0.1, -0.05) is 0 Å². The van der Waals surface area contributed by atoms with E-state index in [4.69, 9.17) is 4.42 Å². The zero-order chi connectivity index (χ0) is 13.9. The Morgan fingerprint density at radius 2 is 2.25 bits per heavy atom. The SMILES string of the molecule is O=C(Cc1coc2ccc(F)cc12)N1CCCNCC1. The Balaban J connectivity index is 1.78. The van der Waals surface area contributed by atoms with E-state index in [9.17, 15) is 9.18 Å². The average Bonchev–Trinajstić information content (AvgIpc) is 2.67. The minimum absolute atomic E-state index is 0.0701. The summed E-state index contributed by atoms with van der Waals surface area (Å²) < 4.78 is 18.7. The van der Waals surface area contributed by atoms with E-state index in [1.165, 1.54) is 12.1 Å². The lowest BCUT2D eigenvalue weighted by Crippen LogP contribution is -2.35. The molecule has 1 N–H and O–H groups in total. The summed E-state index contributed by atoms with van der Waals surface area (Å²) in [7, 11) is 0. The van der Waals surface area contributed by atoms with E-state index < -0.39 is 0 Å². The van der Waals surface area contributed by atoms with Crippen LogP contribution in [0, 0.1) is 5.82 Å². The molecule has 1 amide bonds. The van der Waals surface area contributed by atoms with Gasteiger partial charge in [0.25, 0.3) is 0 Å². The summed E-state index contributed by atoms with van der Waals surface area (Å²) in [5.41, 5.74) is 1.37. The summed E-state index contributed by atoms with van der Waals surface area (Å²) in [6, 6.07) is 4.37. The number of rotatable bonds is 2. The number of halogens is 1. The van der Waals surface area contributed by atoms with Crippen LogP contribution in [-0.4, -0.2) is 37.0 Å². The van der Waals surface area contributed by atoms with Crippen molar-refractivity contribution in [2.45, 2.75) is 12.8 Å². The number of hydrogen-bond acceptors (Lipinski definition) is 3. The molecule has 5 heteroatoms. The van der Waals surface area contributed by atoms with Crippen molar-refractivity contribution < 1.29 is 13.6 Å². The molecule has 2 heterocycles. The number of amides is 1. The molecule has 3 rings (SSSR count). The van der Waals surface area contributed by atoms with Crippen LogP contribution in [0.15, 0.2) is 28.9 Å². The van der Waals surface area contributed by atoms with Gasteiger partial charge < -0.3 is 14.6 Å². The van der Waals surface area contributed by atoms with Crippen LogP contribution in [0.4, 0.5) is 4.39 Å². The Labute approximate surface area is 116 Å². The highest BCUT2D eigenvalue weighted by Crippen LogP contribution is 2.23. The normalized spacial score (nSPS) is 16.4. The van der Waals surface area contributed by atoms with Gasteiger partial charge in [-0.2, -0.15) is 0 Å². The van der Waals surface area contributed by atoms with Crippen LogP contribution in [0.3, 0.4) is 0 Å². The van der Waals surface area contributed by atoms with Gasteiger partial charge in [-0.3, -0.25) is 4.79 Å². The van der Waals surface area contributed by atoms with E-state index in [1.54, 1.807) is 12.3 Å². The van der Waals surface area contributed by atoms with Gasteiger partial charge in [-0.15, -0.1) is 0 Å². The molecule has 1 aliphatic rings. The summed E-state index contributed by atoms with van der Waals surface area (Å²) in [6.45, 7) is 3.27. The second-order valence-corrected chi connectivity index (χ2v) is 5.06. The number of nitrogens with one attached hydrogen (secondary N) is 1. The first-order valence-electron chi connectivity index (χ1n) is 6.88. The topological polar surface area (TPSA) is 45.5 Å². The van der Waals surface area contributed by atoms with E-state index >= 15 is 0 Å². The van der Waals surface area contributed by atoms with Gasteiger partial charge in [-0.05, 0) is 31.2 Å². The Hall–Kier alpha value is -1.88. The Morgan fingerprint density at radius 1 is 1.35 bits per heavy atom. The molecular weight excluding hydrogens is 259 g/mol. The maximum atomic E-state index is 13.3. The largest absolute Gasteiger partial charge is 0.464 e. The van der Waals surface area contributed by atoms with Crippen molar-refractivity contribution in [1.29, 1.82) is 0 Å². The van der Waals surface area contributed by atoms with E-state index in [0.29, 0.717) is 11.0 Å². The van der Waals surface area contributed by atoms with Crippen LogP contribution in [0.1, 0.15) is 12.0 Å². The van der Waals surface area contributed by atoms with Crippen molar-refractivity contribution >= 4 is 16.9 Å². The lowest BCUT2D eigenvalue weighted by Gasteiger charge is -2.19. The molecule has 0 unspecified atom stereocenters. The van der Waals surface area contributed by atoms with Crippen molar-refractivity contribution in [3.05, 3.63) is 35.8 Å². The molecule has 106 valence electrons. The molecule has 4 nitrogen and oxygen atoms in total. The molecule has 0 aliphatic carbocycles. The third-order valence-electron chi connectivity index (χ3n) is 3.65. The molecule has 2 aromatic rings. The molecule has 20 heavy (non-hydrogen) atoms. The van der Waals surface area contributed by atoms with E-state index in [1.807, 2.05) is 4.90 Å². The standard InChI is InChI=1S/C15H17FN2O2/c16-12-2-3-14-13(9-12)11(10-20-14)8-15(19)18-6-1-4-17-5-7-18/h2-3,9-10,17H,1,4-8H2. The number of furan rings is 1. The molecule has 1 aromatic heterocycles. The number of fused-ring (bicyclic) bond motifs is 1. The predicted molar refractivity (Wildman–Crippen MR) is 73.9 cm³/mol. The minimum Gasteiger partial charge on any atom is -0.464 e. The van der Waals surface area contributed by atoms with Crippen molar-refractivity contribution in [3.8, 4) is 0 Å². The average molecular weight is 276 g/mol. The smallest absolute Gasteiger partial charge is 0.227 e. The summed E-state index contributed by atoms with van der Waals surface area (Å²) in [6.07, 6.45) is 2.78. The highest BCUT2D eigenvalue weighted by Gasteiger charge is 2.18. The second kappa shape index (κ2) is 5.63. The summed E-state index contributed by atoms with van der Waals surface area (Å²) in [5, 5.41) is 3.95. The van der Waals surface area contributed by atoms with E-state index in [2.05, 4.69) is 5.32 Å². The van der Waals surface area contributed by atoms with Gasteiger partial charge >= 0.3 is 0 Å². The third kappa shape index (κ3) is 2.67. The van der Waals surface area contributed by atoms with Gasteiger partial charge in [0, 0.05) is 30.6 Å². The molecular formula is C15H17FN2O2. The fraction of sp³-hybridized carbons (Fsp3) is 0.400. The number of benzene rings is 1. The van der Waals surface area contributed by atoms with Crippen molar-refractivity contribution in [2.75, 3.05) is 26.2 Å². The Kier molecular flexibility index (Phi) is 3.69. The molecule has 1 aliphatic heterocycles. The molecule has 1 fully saturated rings. The Morgan fingerprint density at radius 3 is 3.15 bits per heavy atom. The first kappa shape index (κ1) is 13.1. The van der Waals surface area contributed by atoms with Gasteiger partial charge in [0.1, 0.15) is 11.4 Å². The highest BCUT2D eigenvalue weighted by molar-refractivity contribution is 5.87. The zero-order valence-electron chi connectivity index (χ0n) is 11.2. The number of carbonyl (C=O) groups is 1. The Bertz CT molecular complexity index is 615. The van der Waals surface area contributed by atoms with Gasteiger partial charge in [0.2, 0.25) is 5.91 Å². The lowest BCUT2D eigenvalue weighted by molar-refractivity contribution is -0.130. The van der Waals surface area contributed by atoms with Crippen LogP contribution >= 0.6 is 0 Å². The van der Waals surface area contributed by atoms with Crippen molar-refractivity contribution in [2.24, 2.45) is 0 Å². The van der Waals surface area contributed by atoms with E-state index in [0.717, 1.165) is 38.2 Å². The molecule has 1 aromatic carbocycles. The van der Waals surface area contributed by atoms with Crippen LogP contribution in [0.5, 0.6) is 0 Å². The minimum atomic E-state index is -0.313. The summed E-state index contributed by atoms with van der Waals surface area (Å²) in [4.78, 5) is 14.2. The molecule has 1 saturated heterocycles. The maximum Gasteiger partial charge on any atom is 0.227 e. The van der Waals surface area contributed by atoms with Crippen molar-refractivity contribution in [3.63, 3.8) is 0 Å². The van der Waals surface area contributed by atoms with Gasteiger partial charge in [0.05, 0.1) is 12.7 Å². The molecule has 0 atom stereocenters. The highest BCUT2D eigenvalue weighted by atomic mass is 19.1. The van der Waals surface area contributed by atoms with Gasteiger partial charge in [-0.25, -0.2) is 4.39 Å². The van der Waals surface area contributed by atoms with E-state index in [-0.39, 0.29) is 18.1 Å². The number of nitrogens with zero attached hydrogens (tertiary/aromatic N) is 1. The van der Waals surface area contributed by atoms with Crippen LogP contribution in [-0.2, 0) is 11.2 Å². The number of carbonyl (C=O) groups excluding carboxylic acids is 1. The fourth-order valence-electron chi connectivity index (χ4n) is 2.56. The fourth-order valence-corrected chi connectivity index (χ4v) is 2.56. The molecule has 0 saturated carbocycles. The third-order valence-corrected chi connectivity index (χ3v) is 3.65. The van der Waals surface area contributed by atoms with Gasteiger partial charge in [0.15, 0.2) is 0 Å². The molecule has 0 spiro atoms. The summed E-state index contributed by atoms with van der Waals surface area (Å²) in [5.74, 6) is -0.243. The number of hydrogen-bond donors (Lipinski definition) is 1. The van der Waals surface area contributed by atoms with Crippen molar-refractivity contribution in [1.82, 2.24) is 10.2 Å². The quantitative estimate of drug-likeness (QED) is 0.911. The first-order valence-corrected chi connectivity index (χ1v) is 6.88. The summed E-state index contributed by atoms with van der Waals surface area (Å²) >= 11 is 0. The molecule has 0 bridgehead atoms. The first-order chi connectivity index (χ1) is 9.74. The lowest BCUT2D eigenvalue weighted by atomic mass is 10.1. The monoisotopic (exact) mass is 276 g/mol. The van der Waals surface area contributed by atoms with Crippen LogP contribution in [0.2, 0.25) is 0 Å². The zero-order valence-corrected chi connectivity index (χ0v) is 11.2. The maximum absolute atomic E-state index is 13.3. The predicted octanol–water partition coefficient (Wildman–Crippen LogP) is 1.94. The van der Waals surface area contributed by atoms with Crippen LogP contribution < -0.4 is 5.32 Å². The van der Waals surface area contributed by atoms with Crippen LogP contribution in [0.25, 0.3) is 11.0 Å². The molecule has 0 radical (unpaired) electrons. The second-order valence-electron chi connectivity index (χ2n) is 5.06.